The molecule has 2 fully saturated rings. The molecule has 0 unspecified atom stereocenters. The second-order valence-electron chi connectivity index (χ2n) is 6.83. The van der Waals surface area contributed by atoms with Crippen molar-refractivity contribution in [2.45, 2.75) is 58.3 Å². The summed E-state index contributed by atoms with van der Waals surface area (Å²) in [5.41, 5.74) is -0.217. The summed E-state index contributed by atoms with van der Waals surface area (Å²) in [5, 5.41) is 16.2. The Morgan fingerprint density at radius 3 is 2.40 bits per heavy atom. The second-order valence-corrected chi connectivity index (χ2v) is 6.83. The Bertz CT molecular complexity index is 313. The van der Waals surface area contributed by atoms with Gasteiger partial charge < -0.3 is 15.7 Å². The molecule has 0 atom stereocenters. The van der Waals surface area contributed by atoms with Gasteiger partial charge in [0, 0.05) is 12.0 Å². The van der Waals surface area contributed by atoms with E-state index in [0.717, 1.165) is 51.6 Å². The van der Waals surface area contributed by atoms with Crippen molar-refractivity contribution in [3.63, 3.8) is 0 Å². The van der Waals surface area contributed by atoms with Crippen LogP contribution in [0.25, 0.3) is 0 Å². The Morgan fingerprint density at radius 1 is 1.20 bits per heavy atom. The third-order valence-corrected chi connectivity index (χ3v) is 5.39. The molecule has 1 aliphatic carbocycles. The van der Waals surface area contributed by atoms with Crippen LogP contribution in [0.5, 0.6) is 0 Å². The molecule has 0 aromatic heterocycles. The molecule has 0 aromatic carbocycles. The number of hydrogen-bond acceptors (Lipinski definition) is 3. The molecule has 0 radical (unpaired) electrons. The number of aliphatic hydroxyl groups excluding tert-OH is 1. The number of piperidine rings is 1. The van der Waals surface area contributed by atoms with Crippen LogP contribution in [-0.2, 0) is 4.79 Å². The predicted octanol–water partition coefficient (Wildman–Crippen LogP) is 1.83. The topological polar surface area (TPSA) is 61.4 Å². The highest BCUT2D eigenvalue weighted by atomic mass is 16.3. The average molecular weight is 282 g/mol. The molecule has 0 aromatic rings. The quantitative estimate of drug-likeness (QED) is 0.696. The number of nitrogens with one attached hydrogen (secondary N) is 2. The number of carbonyl (C=O) groups is 1. The van der Waals surface area contributed by atoms with Gasteiger partial charge in [-0.05, 0) is 45.2 Å². The predicted molar refractivity (Wildman–Crippen MR) is 80.4 cm³/mol. The number of carbonyl (C=O) groups excluding carboxylic acids is 1. The van der Waals surface area contributed by atoms with Gasteiger partial charge in [-0.1, -0.05) is 26.2 Å². The Hall–Kier alpha value is -0.610. The first-order chi connectivity index (χ1) is 9.66. The Balaban J connectivity index is 1.94. The van der Waals surface area contributed by atoms with E-state index >= 15 is 0 Å². The second kappa shape index (κ2) is 6.90. The first-order valence-corrected chi connectivity index (χ1v) is 8.26. The standard InChI is InChI=1S/C16H30N2O2/c1-2-5-16(8-10-17-11-9-16)14(20)18-12-15(13-19)6-3-4-7-15/h17,19H,2-13H2,1H3,(H,18,20). The fourth-order valence-electron chi connectivity index (χ4n) is 3.95. The minimum Gasteiger partial charge on any atom is -0.396 e. The highest BCUT2D eigenvalue weighted by Gasteiger charge is 2.40. The maximum absolute atomic E-state index is 12.7. The van der Waals surface area contributed by atoms with E-state index in [0.29, 0.717) is 6.54 Å². The summed E-state index contributed by atoms with van der Waals surface area (Å²) in [4.78, 5) is 12.7. The van der Waals surface area contributed by atoms with Gasteiger partial charge in [-0.25, -0.2) is 0 Å². The number of amides is 1. The zero-order chi connectivity index (χ0) is 14.5. The highest BCUT2D eigenvalue weighted by molar-refractivity contribution is 5.82. The Labute approximate surface area is 122 Å². The van der Waals surface area contributed by atoms with Crippen molar-refractivity contribution < 1.29 is 9.90 Å². The van der Waals surface area contributed by atoms with Crippen LogP contribution in [-0.4, -0.2) is 37.3 Å². The van der Waals surface area contributed by atoms with E-state index in [1.54, 1.807) is 0 Å². The van der Waals surface area contributed by atoms with E-state index in [1.165, 1.54) is 12.8 Å². The average Bonchev–Trinajstić information content (AvgIpc) is 2.95. The van der Waals surface area contributed by atoms with E-state index in [1.807, 2.05) is 0 Å². The molecule has 0 spiro atoms. The van der Waals surface area contributed by atoms with Crippen molar-refractivity contribution in [3.8, 4) is 0 Å². The lowest BCUT2D eigenvalue weighted by atomic mass is 9.74. The van der Waals surface area contributed by atoms with Gasteiger partial charge >= 0.3 is 0 Å². The summed E-state index contributed by atoms with van der Waals surface area (Å²) >= 11 is 0. The van der Waals surface area contributed by atoms with Crippen LogP contribution >= 0.6 is 0 Å². The minimum atomic E-state index is -0.171. The molecule has 1 saturated heterocycles. The number of aliphatic hydroxyl groups is 1. The summed E-state index contributed by atoms with van der Waals surface area (Å²) in [7, 11) is 0. The van der Waals surface area contributed by atoms with Crippen LogP contribution in [0.1, 0.15) is 58.3 Å². The van der Waals surface area contributed by atoms with Gasteiger partial charge in [-0.2, -0.15) is 0 Å². The molecule has 4 heteroatoms. The van der Waals surface area contributed by atoms with E-state index in [4.69, 9.17) is 0 Å². The lowest BCUT2D eigenvalue weighted by molar-refractivity contribution is -0.133. The first-order valence-electron chi connectivity index (χ1n) is 8.26. The molecule has 1 saturated carbocycles. The van der Waals surface area contributed by atoms with E-state index in [9.17, 15) is 9.90 Å². The molecule has 1 aliphatic heterocycles. The molecule has 0 bridgehead atoms. The van der Waals surface area contributed by atoms with Crippen LogP contribution in [0, 0.1) is 10.8 Å². The molecule has 116 valence electrons. The largest absolute Gasteiger partial charge is 0.396 e. The summed E-state index contributed by atoms with van der Waals surface area (Å²) in [6.45, 7) is 4.90. The van der Waals surface area contributed by atoms with Crippen LogP contribution < -0.4 is 10.6 Å². The monoisotopic (exact) mass is 282 g/mol. The third-order valence-electron chi connectivity index (χ3n) is 5.39. The van der Waals surface area contributed by atoms with Crippen LogP contribution in [0.3, 0.4) is 0 Å². The molecule has 20 heavy (non-hydrogen) atoms. The van der Waals surface area contributed by atoms with E-state index in [-0.39, 0.29) is 23.3 Å². The lowest BCUT2D eigenvalue weighted by Crippen LogP contribution is -2.50. The molecule has 2 rings (SSSR count). The van der Waals surface area contributed by atoms with Crippen molar-refractivity contribution >= 4 is 5.91 Å². The smallest absolute Gasteiger partial charge is 0.226 e. The fraction of sp³-hybridized carbons (Fsp3) is 0.938. The van der Waals surface area contributed by atoms with Gasteiger partial charge in [0.1, 0.15) is 0 Å². The SMILES string of the molecule is CCCC1(C(=O)NCC2(CO)CCCC2)CCNCC1. The van der Waals surface area contributed by atoms with Gasteiger partial charge in [-0.3, -0.25) is 4.79 Å². The molecule has 1 amide bonds. The van der Waals surface area contributed by atoms with Gasteiger partial charge in [0.2, 0.25) is 5.91 Å². The van der Waals surface area contributed by atoms with E-state index < -0.39 is 0 Å². The molecule has 1 heterocycles. The normalized spacial score (nSPS) is 24.5. The van der Waals surface area contributed by atoms with Crippen molar-refractivity contribution in [1.82, 2.24) is 10.6 Å². The van der Waals surface area contributed by atoms with Crippen LogP contribution in [0.4, 0.5) is 0 Å². The Morgan fingerprint density at radius 2 is 1.85 bits per heavy atom. The lowest BCUT2D eigenvalue weighted by Gasteiger charge is -2.37. The summed E-state index contributed by atoms with van der Waals surface area (Å²) in [6.07, 6.45) is 8.38. The van der Waals surface area contributed by atoms with E-state index in [2.05, 4.69) is 17.6 Å². The summed E-state index contributed by atoms with van der Waals surface area (Å²) in [5.74, 6) is 0.223. The molecular formula is C16H30N2O2. The van der Waals surface area contributed by atoms with Crippen LogP contribution in [0.2, 0.25) is 0 Å². The first kappa shape index (κ1) is 15.8. The highest BCUT2D eigenvalue weighted by Crippen LogP contribution is 2.38. The molecule has 2 aliphatic rings. The molecule has 3 N–H and O–H groups in total. The molecule has 4 nitrogen and oxygen atoms in total. The van der Waals surface area contributed by atoms with Crippen molar-refractivity contribution in [2.75, 3.05) is 26.2 Å². The maximum atomic E-state index is 12.7. The summed E-state index contributed by atoms with van der Waals surface area (Å²) in [6, 6.07) is 0. The molecular weight excluding hydrogens is 252 g/mol. The van der Waals surface area contributed by atoms with Gasteiger partial charge in [0.15, 0.2) is 0 Å². The van der Waals surface area contributed by atoms with Crippen LogP contribution in [0.15, 0.2) is 0 Å². The zero-order valence-electron chi connectivity index (χ0n) is 12.8. The zero-order valence-corrected chi connectivity index (χ0v) is 12.8. The van der Waals surface area contributed by atoms with Crippen molar-refractivity contribution in [2.24, 2.45) is 10.8 Å². The van der Waals surface area contributed by atoms with Crippen molar-refractivity contribution in [3.05, 3.63) is 0 Å². The van der Waals surface area contributed by atoms with Gasteiger partial charge in [0.05, 0.1) is 12.0 Å². The number of rotatable bonds is 6. The van der Waals surface area contributed by atoms with Gasteiger partial charge in [-0.15, -0.1) is 0 Å². The minimum absolute atomic E-state index is 0.0457. The fourth-order valence-corrected chi connectivity index (χ4v) is 3.95. The third kappa shape index (κ3) is 3.34. The maximum Gasteiger partial charge on any atom is 0.226 e. The van der Waals surface area contributed by atoms with Crippen molar-refractivity contribution in [1.29, 1.82) is 0 Å². The Kier molecular flexibility index (Phi) is 5.44. The number of hydrogen-bond donors (Lipinski definition) is 3. The summed E-state index contributed by atoms with van der Waals surface area (Å²) < 4.78 is 0. The van der Waals surface area contributed by atoms with Gasteiger partial charge in [0.25, 0.3) is 0 Å².